The van der Waals surface area contributed by atoms with Gasteiger partial charge in [-0.3, -0.25) is 4.79 Å². The third-order valence-corrected chi connectivity index (χ3v) is 4.20. The molecule has 1 saturated heterocycles. The molecule has 1 amide bonds. The van der Waals surface area contributed by atoms with Crippen molar-refractivity contribution in [2.75, 3.05) is 6.54 Å². The molecule has 3 nitrogen and oxygen atoms in total. The molecule has 0 bridgehead atoms. The molecule has 1 aliphatic heterocycles. The van der Waals surface area contributed by atoms with Gasteiger partial charge >= 0.3 is 0 Å². The van der Waals surface area contributed by atoms with Crippen LogP contribution in [0.25, 0.3) is 0 Å². The van der Waals surface area contributed by atoms with E-state index in [2.05, 4.69) is 42.9 Å². The van der Waals surface area contributed by atoms with E-state index in [9.17, 15) is 4.79 Å². The van der Waals surface area contributed by atoms with Gasteiger partial charge in [0.05, 0.1) is 12.1 Å². The highest BCUT2D eigenvalue weighted by Crippen LogP contribution is 2.26. The van der Waals surface area contributed by atoms with Crippen molar-refractivity contribution >= 4 is 17.2 Å². The number of piperidine rings is 1. The summed E-state index contributed by atoms with van der Waals surface area (Å²) in [6.45, 7) is 7.19. The molecule has 0 aliphatic carbocycles. The van der Waals surface area contributed by atoms with Crippen molar-refractivity contribution in [2.45, 2.75) is 51.7 Å². The van der Waals surface area contributed by atoms with Crippen LogP contribution < -0.4 is 5.32 Å². The number of thiophene rings is 1. The topological polar surface area (TPSA) is 32.3 Å². The summed E-state index contributed by atoms with van der Waals surface area (Å²) in [6.07, 6.45) is 2.05. The van der Waals surface area contributed by atoms with E-state index in [1.54, 1.807) is 11.3 Å². The van der Waals surface area contributed by atoms with Crippen LogP contribution in [0.1, 0.15) is 45.2 Å². The van der Waals surface area contributed by atoms with Gasteiger partial charge < -0.3 is 10.2 Å². The second-order valence-corrected chi connectivity index (χ2v) is 6.06. The minimum atomic E-state index is -0.000152. The van der Waals surface area contributed by atoms with E-state index in [0.29, 0.717) is 6.04 Å². The number of amides is 1. The lowest BCUT2D eigenvalue weighted by atomic mass is 10.0. The number of nitrogens with zero attached hydrogens (tertiary/aromatic N) is 1. The Morgan fingerprint density at radius 3 is 2.83 bits per heavy atom. The molecule has 1 aromatic rings. The molecule has 1 aromatic heterocycles. The largest absolute Gasteiger partial charge is 0.335 e. The van der Waals surface area contributed by atoms with Gasteiger partial charge in [0, 0.05) is 12.6 Å². The number of carbonyl (C=O) groups is 1. The molecule has 4 heteroatoms. The van der Waals surface area contributed by atoms with E-state index in [-0.39, 0.29) is 18.0 Å². The predicted octanol–water partition coefficient (Wildman–Crippen LogP) is 2.80. The van der Waals surface area contributed by atoms with Gasteiger partial charge in [-0.15, -0.1) is 0 Å². The molecule has 100 valence electrons. The van der Waals surface area contributed by atoms with Crippen molar-refractivity contribution in [1.82, 2.24) is 10.2 Å². The van der Waals surface area contributed by atoms with Crippen molar-refractivity contribution in [3.63, 3.8) is 0 Å². The molecule has 2 unspecified atom stereocenters. The molecule has 18 heavy (non-hydrogen) atoms. The first-order valence-corrected chi connectivity index (χ1v) is 7.62. The van der Waals surface area contributed by atoms with Crippen molar-refractivity contribution in [3.05, 3.63) is 22.4 Å². The highest BCUT2D eigenvalue weighted by Gasteiger charge is 2.32. The number of nitrogens with one attached hydrogen (secondary N) is 1. The minimum absolute atomic E-state index is 0.000152. The van der Waals surface area contributed by atoms with Crippen LogP contribution in [0, 0.1) is 0 Å². The van der Waals surface area contributed by atoms with E-state index >= 15 is 0 Å². The van der Waals surface area contributed by atoms with Gasteiger partial charge in [0.15, 0.2) is 0 Å². The Kier molecular flexibility index (Phi) is 4.40. The molecule has 2 heterocycles. The Bertz CT molecular complexity index is 389. The van der Waals surface area contributed by atoms with Crippen molar-refractivity contribution in [1.29, 1.82) is 0 Å². The number of carbonyl (C=O) groups excluding carboxylic acids is 1. The van der Waals surface area contributed by atoms with Gasteiger partial charge in [-0.25, -0.2) is 0 Å². The van der Waals surface area contributed by atoms with E-state index in [0.717, 1.165) is 19.4 Å². The number of rotatable bonds is 4. The Hall–Kier alpha value is -0.870. The number of likely N-dealkylation sites (tertiary alicyclic amines) is 1. The molecule has 1 N–H and O–H groups in total. The zero-order valence-electron chi connectivity index (χ0n) is 11.3. The van der Waals surface area contributed by atoms with Crippen molar-refractivity contribution < 1.29 is 4.79 Å². The lowest BCUT2D eigenvalue weighted by Gasteiger charge is -2.37. The van der Waals surface area contributed by atoms with Gasteiger partial charge in [0.2, 0.25) is 5.91 Å². The van der Waals surface area contributed by atoms with Crippen LogP contribution in [-0.4, -0.2) is 29.4 Å². The average molecular weight is 266 g/mol. The molecule has 0 spiro atoms. The summed E-state index contributed by atoms with van der Waals surface area (Å²) < 4.78 is 0. The molecule has 0 radical (unpaired) electrons. The third kappa shape index (κ3) is 2.93. The Labute approximate surface area is 113 Å². The first-order valence-electron chi connectivity index (χ1n) is 6.68. The molecule has 0 aromatic carbocycles. The maximum absolute atomic E-state index is 12.5. The Balaban J connectivity index is 2.06. The van der Waals surface area contributed by atoms with E-state index < -0.39 is 0 Å². The van der Waals surface area contributed by atoms with Crippen molar-refractivity contribution in [2.24, 2.45) is 0 Å². The normalized spacial score (nSPS) is 22.6. The third-order valence-electron chi connectivity index (χ3n) is 3.50. The zero-order valence-corrected chi connectivity index (χ0v) is 12.2. The first-order chi connectivity index (χ1) is 8.59. The molecule has 1 fully saturated rings. The predicted molar refractivity (Wildman–Crippen MR) is 75.7 cm³/mol. The van der Waals surface area contributed by atoms with Gasteiger partial charge in [-0.1, -0.05) is 13.8 Å². The summed E-state index contributed by atoms with van der Waals surface area (Å²) in [4.78, 5) is 14.5. The van der Waals surface area contributed by atoms with Gasteiger partial charge in [-0.05, 0) is 42.2 Å². The standard InChI is InChI=1S/C14H22N2OS/c1-10(2)15-13-5-4-7-16(14(13)17)11(3)12-6-8-18-9-12/h6,8-11,13,15H,4-5,7H2,1-3H3. The van der Waals surface area contributed by atoms with Crippen LogP contribution in [0.4, 0.5) is 0 Å². The quantitative estimate of drug-likeness (QED) is 0.909. The van der Waals surface area contributed by atoms with E-state index in [1.807, 2.05) is 4.90 Å². The lowest BCUT2D eigenvalue weighted by Crippen LogP contribution is -2.52. The fraction of sp³-hybridized carbons (Fsp3) is 0.643. The molecule has 1 aliphatic rings. The van der Waals surface area contributed by atoms with E-state index in [1.165, 1.54) is 5.56 Å². The molecule has 2 atom stereocenters. The molecular weight excluding hydrogens is 244 g/mol. The van der Waals surface area contributed by atoms with Crippen LogP contribution >= 0.6 is 11.3 Å². The summed E-state index contributed by atoms with van der Waals surface area (Å²) >= 11 is 1.69. The lowest BCUT2D eigenvalue weighted by molar-refractivity contribution is -0.138. The first kappa shape index (κ1) is 13.6. The minimum Gasteiger partial charge on any atom is -0.335 e. The molecular formula is C14H22N2OS. The van der Waals surface area contributed by atoms with Crippen LogP contribution in [0.5, 0.6) is 0 Å². The SMILES string of the molecule is CC(C)NC1CCCN(C(C)c2ccsc2)C1=O. The van der Waals surface area contributed by atoms with Gasteiger partial charge in [0.1, 0.15) is 0 Å². The average Bonchev–Trinajstić information content (AvgIpc) is 2.84. The maximum atomic E-state index is 12.5. The second-order valence-electron chi connectivity index (χ2n) is 5.28. The fourth-order valence-corrected chi connectivity index (χ4v) is 3.28. The van der Waals surface area contributed by atoms with Crippen LogP contribution in [-0.2, 0) is 4.79 Å². The van der Waals surface area contributed by atoms with E-state index in [4.69, 9.17) is 0 Å². The summed E-state index contributed by atoms with van der Waals surface area (Å²) in [5.41, 5.74) is 1.25. The van der Waals surface area contributed by atoms with Crippen LogP contribution in [0.2, 0.25) is 0 Å². The number of hydrogen-bond acceptors (Lipinski definition) is 3. The summed E-state index contributed by atoms with van der Waals surface area (Å²) in [6, 6.07) is 2.66. The molecule has 0 saturated carbocycles. The molecule has 2 rings (SSSR count). The highest BCUT2D eigenvalue weighted by molar-refractivity contribution is 7.07. The summed E-state index contributed by atoms with van der Waals surface area (Å²) in [7, 11) is 0. The summed E-state index contributed by atoms with van der Waals surface area (Å²) in [5.74, 6) is 0.258. The van der Waals surface area contributed by atoms with Gasteiger partial charge in [-0.2, -0.15) is 11.3 Å². The van der Waals surface area contributed by atoms with Crippen LogP contribution in [0.15, 0.2) is 16.8 Å². The highest BCUT2D eigenvalue weighted by atomic mass is 32.1. The zero-order chi connectivity index (χ0) is 13.1. The van der Waals surface area contributed by atoms with Crippen molar-refractivity contribution in [3.8, 4) is 0 Å². The fourth-order valence-electron chi connectivity index (χ4n) is 2.53. The smallest absolute Gasteiger partial charge is 0.240 e. The van der Waals surface area contributed by atoms with Crippen LogP contribution in [0.3, 0.4) is 0 Å². The Morgan fingerprint density at radius 2 is 2.22 bits per heavy atom. The number of hydrogen-bond donors (Lipinski definition) is 1. The second kappa shape index (κ2) is 5.85. The monoisotopic (exact) mass is 266 g/mol. The Morgan fingerprint density at radius 1 is 1.44 bits per heavy atom. The summed E-state index contributed by atoms with van der Waals surface area (Å²) in [5, 5.41) is 7.58. The maximum Gasteiger partial charge on any atom is 0.240 e. The van der Waals surface area contributed by atoms with Gasteiger partial charge in [0.25, 0.3) is 0 Å².